The molecule has 0 aliphatic carbocycles. The number of carbonyl (C=O) groups is 1. The van der Waals surface area contributed by atoms with Gasteiger partial charge in [0.1, 0.15) is 0 Å². The topological polar surface area (TPSA) is 40.5 Å². The minimum atomic E-state index is -0.293. The van der Waals surface area contributed by atoms with Crippen LogP contribution in [0.1, 0.15) is 43.0 Å². The third-order valence-corrected chi connectivity index (χ3v) is 4.75. The molecule has 2 unspecified atom stereocenters. The first-order chi connectivity index (χ1) is 10.0. The van der Waals surface area contributed by atoms with Gasteiger partial charge in [0.25, 0.3) is 0 Å². The SMILES string of the molecule is CC(C(=O)c1ccc(Cl)cc1Cl)N1CCCCCC1CO. The zero-order valence-corrected chi connectivity index (χ0v) is 13.7. The number of benzene rings is 1. The van der Waals surface area contributed by atoms with Crippen LogP contribution in [0.15, 0.2) is 18.2 Å². The van der Waals surface area contributed by atoms with E-state index in [0.29, 0.717) is 15.6 Å². The van der Waals surface area contributed by atoms with Gasteiger partial charge < -0.3 is 5.11 Å². The maximum absolute atomic E-state index is 12.7. The van der Waals surface area contributed by atoms with E-state index in [-0.39, 0.29) is 24.5 Å². The second-order valence-corrected chi connectivity index (χ2v) is 6.43. The van der Waals surface area contributed by atoms with Gasteiger partial charge in [-0.2, -0.15) is 0 Å². The number of likely N-dealkylation sites (tertiary alicyclic amines) is 1. The van der Waals surface area contributed by atoms with Gasteiger partial charge in [0, 0.05) is 16.6 Å². The third kappa shape index (κ3) is 3.98. The minimum absolute atomic E-state index is 0.0167. The van der Waals surface area contributed by atoms with Gasteiger partial charge in [0.05, 0.1) is 17.7 Å². The van der Waals surface area contributed by atoms with Gasteiger partial charge in [-0.25, -0.2) is 0 Å². The van der Waals surface area contributed by atoms with Crippen molar-refractivity contribution in [2.24, 2.45) is 0 Å². The summed E-state index contributed by atoms with van der Waals surface area (Å²) in [5, 5.41) is 10.5. The Bertz CT molecular complexity index is 507. The van der Waals surface area contributed by atoms with E-state index >= 15 is 0 Å². The number of carbonyl (C=O) groups excluding carboxylic acids is 1. The standard InChI is InChI=1S/C16H21Cl2NO2/c1-11(19-8-4-2-3-5-13(19)10-20)16(21)14-7-6-12(17)9-15(14)18/h6-7,9,11,13,20H,2-5,8,10H2,1H3. The van der Waals surface area contributed by atoms with Gasteiger partial charge in [-0.1, -0.05) is 36.0 Å². The number of rotatable bonds is 4. The van der Waals surface area contributed by atoms with Crippen molar-refractivity contribution in [3.8, 4) is 0 Å². The molecule has 21 heavy (non-hydrogen) atoms. The fraction of sp³-hybridized carbons (Fsp3) is 0.562. The molecule has 5 heteroatoms. The number of aliphatic hydroxyl groups is 1. The number of ketones is 1. The first-order valence-electron chi connectivity index (χ1n) is 7.40. The monoisotopic (exact) mass is 329 g/mol. The third-order valence-electron chi connectivity index (χ3n) is 4.21. The van der Waals surface area contributed by atoms with Gasteiger partial charge in [0.2, 0.25) is 0 Å². The number of hydrogen-bond acceptors (Lipinski definition) is 3. The van der Waals surface area contributed by atoms with E-state index in [1.807, 2.05) is 6.92 Å². The fourth-order valence-corrected chi connectivity index (χ4v) is 3.47. The molecular formula is C16H21Cl2NO2. The Labute approximate surface area is 135 Å². The van der Waals surface area contributed by atoms with E-state index in [4.69, 9.17) is 23.2 Å². The quantitative estimate of drug-likeness (QED) is 0.854. The molecule has 1 N–H and O–H groups in total. The lowest BCUT2D eigenvalue weighted by atomic mass is 10.0. The van der Waals surface area contributed by atoms with Crippen LogP contribution in [-0.2, 0) is 0 Å². The molecule has 3 nitrogen and oxygen atoms in total. The molecule has 116 valence electrons. The van der Waals surface area contributed by atoms with E-state index in [0.717, 1.165) is 32.2 Å². The van der Waals surface area contributed by atoms with Crippen molar-refractivity contribution in [3.05, 3.63) is 33.8 Å². The summed E-state index contributed by atoms with van der Waals surface area (Å²) in [4.78, 5) is 14.8. The predicted octanol–water partition coefficient (Wildman–Crippen LogP) is 3.80. The van der Waals surface area contributed by atoms with Gasteiger partial charge >= 0.3 is 0 Å². The summed E-state index contributed by atoms with van der Waals surface area (Å²) in [5.74, 6) is -0.0167. The highest BCUT2D eigenvalue weighted by atomic mass is 35.5. The maximum atomic E-state index is 12.7. The Hall–Kier alpha value is -0.610. The van der Waals surface area contributed by atoms with Crippen molar-refractivity contribution < 1.29 is 9.90 Å². The van der Waals surface area contributed by atoms with Crippen LogP contribution in [-0.4, -0.2) is 41.0 Å². The average Bonchev–Trinajstić information content (AvgIpc) is 2.71. The smallest absolute Gasteiger partial charge is 0.181 e. The summed E-state index contributed by atoms with van der Waals surface area (Å²) in [5.41, 5.74) is 0.495. The number of halogens is 2. The lowest BCUT2D eigenvalue weighted by Gasteiger charge is -2.33. The summed E-state index contributed by atoms with van der Waals surface area (Å²) in [6.07, 6.45) is 4.24. The molecule has 0 spiro atoms. The largest absolute Gasteiger partial charge is 0.395 e. The first-order valence-corrected chi connectivity index (χ1v) is 8.16. The van der Waals surface area contributed by atoms with Crippen LogP contribution < -0.4 is 0 Å². The van der Waals surface area contributed by atoms with E-state index in [1.165, 1.54) is 0 Å². The zero-order valence-electron chi connectivity index (χ0n) is 12.2. The number of hydrogen-bond donors (Lipinski definition) is 1. The highest BCUT2D eigenvalue weighted by Crippen LogP contribution is 2.25. The molecule has 1 heterocycles. The average molecular weight is 330 g/mol. The van der Waals surface area contributed by atoms with Crippen LogP contribution >= 0.6 is 23.2 Å². The highest BCUT2D eigenvalue weighted by molar-refractivity contribution is 6.37. The molecule has 1 saturated heterocycles. The Morgan fingerprint density at radius 1 is 1.38 bits per heavy atom. The summed E-state index contributed by atoms with van der Waals surface area (Å²) < 4.78 is 0. The molecule has 2 atom stereocenters. The minimum Gasteiger partial charge on any atom is -0.395 e. The molecule has 0 saturated carbocycles. The van der Waals surface area contributed by atoms with Gasteiger partial charge in [-0.15, -0.1) is 0 Å². The Balaban J connectivity index is 2.20. The Morgan fingerprint density at radius 2 is 2.14 bits per heavy atom. The van der Waals surface area contributed by atoms with Crippen LogP contribution in [0.2, 0.25) is 10.0 Å². The lowest BCUT2D eigenvalue weighted by molar-refractivity contribution is 0.0651. The van der Waals surface area contributed by atoms with Gasteiger partial charge in [0.15, 0.2) is 5.78 Å². The second-order valence-electron chi connectivity index (χ2n) is 5.59. The van der Waals surface area contributed by atoms with Crippen LogP contribution in [0.5, 0.6) is 0 Å². The second kappa shape index (κ2) is 7.59. The fourth-order valence-electron chi connectivity index (χ4n) is 2.97. The van der Waals surface area contributed by atoms with Crippen molar-refractivity contribution in [1.82, 2.24) is 4.90 Å². The van der Waals surface area contributed by atoms with Crippen LogP contribution in [0, 0.1) is 0 Å². The summed E-state index contributed by atoms with van der Waals surface area (Å²) in [7, 11) is 0. The van der Waals surface area contributed by atoms with E-state index in [9.17, 15) is 9.90 Å². The van der Waals surface area contributed by atoms with Crippen molar-refractivity contribution in [3.63, 3.8) is 0 Å². The van der Waals surface area contributed by atoms with Crippen molar-refractivity contribution in [1.29, 1.82) is 0 Å². The van der Waals surface area contributed by atoms with Crippen molar-refractivity contribution in [2.45, 2.75) is 44.7 Å². The van der Waals surface area contributed by atoms with Gasteiger partial charge in [-0.05, 0) is 44.5 Å². The molecule has 1 aromatic rings. The number of nitrogens with zero attached hydrogens (tertiary/aromatic N) is 1. The Morgan fingerprint density at radius 3 is 2.81 bits per heavy atom. The molecular weight excluding hydrogens is 309 g/mol. The van der Waals surface area contributed by atoms with Crippen LogP contribution in [0.4, 0.5) is 0 Å². The van der Waals surface area contributed by atoms with Crippen molar-refractivity contribution in [2.75, 3.05) is 13.2 Å². The van der Waals surface area contributed by atoms with E-state index in [2.05, 4.69) is 4.90 Å². The molecule has 0 aromatic heterocycles. The molecule has 1 aliphatic heterocycles. The molecule has 0 radical (unpaired) electrons. The molecule has 0 amide bonds. The normalized spacial score (nSPS) is 21.8. The zero-order chi connectivity index (χ0) is 15.4. The highest BCUT2D eigenvalue weighted by Gasteiger charge is 2.30. The summed E-state index contributed by atoms with van der Waals surface area (Å²) in [6, 6.07) is 4.71. The molecule has 1 aliphatic rings. The molecule has 1 fully saturated rings. The number of Topliss-reactive ketones (excluding diaryl/α,β-unsaturated/α-hetero) is 1. The Kier molecular flexibility index (Phi) is 6.06. The van der Waals surface area contributed by atoms with Crippen LogP contribution in [0.3, 0.4) is 0 Å². The summed E-state index contributed by atoms with van der Waals surface area (Å²) in [6.45, 7) is 2.82. The predicted molar refractivity (Wildman–Crippen MR) is 86.3 cm³/mol. The van der Waals surface area contributed by atoms with Gasteiger partial charge in [-0.3, -0.25) is 9.69 Å². The first kappa shape index (κ1) is 16.8. The van der Waals surface area contributed by atoms with Crippen LogP contribution in [0.25, 0.3) is 0 Å². The van der Waals surface area contributed by atoms with Crippen molar-refractivity contribution >= 4 is 29.0 Å². The van der Waals surface area contributed by atoms with E-state index < -0.39 is 0 Å². The summed E-state index contributed by atoms with van der Waals surface area (Å²) >= 11 is 12.0. The lowest BCUT2D eigenvalue weighted by Crippen LogP contribution is -2.47. The number of aliphatic hydroxyl groups excluding tert-OH is 1. The maximum Gasteiger partial charge on any atom is 0.181 e. The molecule has 2 rings (SSSR count). The van der Waals surface area contributed by atoms with E-state index in [1.54, 1.807) is 18.2 Å². The molecule has 0 bridgehead atoms. The molecule has 1 aromatic carbocycles.